The van der Waals surface area contributed by atoms with Crippen LogP contribution >= 0.6 is 27.3 Å². The molecule has 0 saturated heterocycles. The average Bonchev–Trinajstić information content (AvgIpc) is 2.71. The molecule has 2 N–H and O–H groups in total. The molecule has 0 amide bonds. The molecule has 0 fully saturated rings. The summed E-state index contributed by atoms with van der Waals surface area (Å²) in [5, 5.41) is 10.4. The second-order valence-electron chi connectivity index (χ2n) is 3.84. The van der Waals surface area contributed by atoms with Gasteiger partial charge in [0.05, 0.1) is 5.92 Å². The van der Waals surface area contributed by atoms with Gasteiger partial charge in [-0.25, -0.2) is 13.1 Å². The van der Waals surface area contributed by atoms with Crippen LogP contribution in [-0.4, -0.2) is 26.0 Å². The lowest BCUT2D eigenvalue weighted by molar-refractivity contribution is -0.141. The van der Waals surface area contributed by atoms with Gasteiger partial charge in [-0.2, -0.15) is 0 Å². The number of carboxylic acids is 1. The summed E-state index contributed by atoms with van der Waals surface area (Å²) in [7, 11) is -3.49. The lowest BCUT2D eigenvalue weighted by atomic mass is 10.1. The number of thiophene rings is 1. The normalized spacial score (nSPS) is 13.4. The minimum absolute atomic E-state index is 0.240. The van der Waals surface area contributed by atoms with E-state index >= 15 is 0 Å². The van der Waals surface area contributed by atoms with Crippen LogP contribution in [0, 0.1) is 5.92 Å². The molecule has 1 aromatic rings. The summed E-state index contributed by atoms with van der Waals surface area (Å²) in [6, 6.07) is 1.67. The summed E-state index contributed by atoms with van der Waals surface area (Å²) in [6.45, 7) is 1.84. The van der Waals surface area contributed by atoms with Crippen LogP contribution in [-0.2, 0) is 14.8 Å². The summed E-state index contributed by atoms with van der Waals surface area (Å²) in [5.41, 5.74) is 0. The fraction of sp³-hybridized carbons (Fsp3) is 0.500. The number of rotatable bonds is 7. The van der Waals surface area contributed by atoms with Crippen molar-refractivity contribution in [2.45, 2.75) is 24.0 Å². The summed E-state index contributed by atoms with van der Waals surface area (Å²) in [6.07, 6.45) is 0.944. The summed E-state index contributed by atoms with van der Waals surface area (Å²) >= 11 is 4.30. The molecule has 0 aromatic carbocycles. The van der Waals surface area contributed by atoms with E-state index in [1.54, 1.807) is 18.4 Å². The standard InChI is InChI=1S/C10H14BrNO4S2/c1-7(9(13)14)3-2-5-12-18(15,16)10-8(11)4-6-17-10/h4,6-7,12H,2-3,5H2,1H3,(H,13,14). The molecule has 1 atom stereocenters. The SMILES string of the molecule is CC(CCCNS(=O)(=O)c1sccc1Br)C(=O)O. The highest BCUT2D eigenvalue weighted by Crippen LogP contribution is 2.27. The molecular weight excluding hydrogens is 342 g/mol. The van der Waals surface area contributed by atoms with E-state index in [1.165, 1.54) is 0 Å². The Morgan fingerprint density at radius 1 is 1.61 bits per heavy atom. The number of carbonyl (C=O) groups is 1. The van der Waals surface area contributed by atoms with Crippen molar-refractivity contribution < 1.29 is 18.3 Å². The third-order valence-corrected chi connectivity index (χ3v) is 6.49. The highest BCUT2D eigenvalue weighted by Gasteiger charge is 2.18. The number of nitrogens with one attached hydrogen (secondary N) is 1. The Hall–Kier alpha value is -0.440. The molecule has 0 aliphatic heterocycles. The zero-order valence-corrected chi connectivity index (χ0v) is 12.9. The second-order valence-corrected chi connectivity index (χ2v) is 7.57. The van der Waals surface area contributed by atoms with Gasteiger partial charge in [-0.3, -0.25) is 4.79 Å². The Labute approximate surface area is 118 Å². The van der Waals surface area contributed by atoms with Crippen LogP contribution in [0.3, 0.4) is 0 Å². The van der Waals surface area contributed by atoms with Crippen LogP contribution in [0.4, 0.5) is 0 Å². The number of aliphatic carboxylic acids is 1. The van der Waals surface area contributed by atoms with Gasteiger partial charge in [0.1, 0.15) is 4.21 Å². The van der Waals surface area contributed by atoms with E-state index in [9.17, 15) is 13.2 Å². The molecule has 5 nitrogen and oxygen atoms in total. The third-order valence-electron chi connectivity index (χ3n) is 2.36. The fourth-order valence-corrected chi connectivity index (χ4v) is 4.73. The predicted molar refractivity (Wildman–Crippen MR) is 73.2 cm³/mol. The molecule has 1 rings (SSSR count). The number of carboxylic acid groups (broad SMARTS) is 1. The van der Waals surface area contributed by atoms with Crippen molar-refractivity contribution in [1.82, 2.24) is 4.72 Å². The Morgan fingerprint density at radius 3 is 2.78 bits per heavy atom. The molecule has 0 saturated carbocycles. The highest BCUT2D eigenvalue weighted by molar-refractivity contribution is 9.10. The molecule has 0 bridgehead atoms. The van der Waals surface area contributed by atoms with Crippen LogP contribution in [0.5, 0.6) is 0 Å². The first-order valence-electron chi connectivity index (χ1n) is 5.30. The van der Waals surface area contributed by atoms with Gasteiger partial charge in [0.25, 0.3) is 10.0 Å². The quantitative estimate of drug-likeness (QED) is 0.735. The predicted octanol–water partition coefficient (Wildman–Crippen LogP) is 2.29. The lowest BCUT2D eigenvalue weighted by Gasteiger charge is -2.07. The summed E-state index contributed by atoms with van der Waals surface area (Å²) in [4.78, 5) is 10.6. The van der Waals surface area contributed by atoms with Gasteiger partial charge in [-0.05, 0) is 40.2 Å². The van der Waals surface area contributed by atoms with Crippen molar-refractivity contribution in [3.8, 4) is 0 Å². The van der Waals surface area contributed by atoms with Crippen molar-refractivity contribution in [2.24, 2.45) is 5.92 Å². The van der Waals surface area contributed by atoms with Crippen molar-refractivity contribution in [1.29, 1.82) is 0 Å². The smallest absolute Gasteiger partial charge is 0.306 e. The van der Waals surface area contributed by atoms with Gasteiger partial charge in [-0.1, -0.05) is 6.92 Å². The van der Waals surface area contributed by atoms with Crippen LogP contribution < -0.4 is 4.72 Å². The van der Waals surface area contributed by atoms with E-state index in [0.717, 1.165) is 11.3 Å². The number of halogens is 1. The van der Waals surface area contributed by atoms with Crippen molar-refractivity contribution in [3.63, 3.8) is 0 Å². The zero-order chi connectivity index (χ0) is 13.8. The van der Waals surface area contributed by atoms with E-state index in [1.807, 2.05) is 0 Å². The van der Waals surface area contributed by atoms with Gasteiger partial charge in [0, 0.05) is 11.0 Å². The number of sulfonamides is 1. The molecule has 8 heteroatoms. The topological polar surface area (TPSA) is 83.5 Å². The van der Waals surface area contributed by atoms with Gasteiger partial charge in [0.15, 0.2) is 0 Å². The first kappa shape index (κ1) is 15.6. The van der Waals surface area contributed by atoms with Gasteiger partial charge >= 0.3 is 5.97 Å². The summed E-state index contributed by atoms with van der Waals surface area (Å²) < 4.78 is 26.9. The van der Waals surface area contributed by atoms with Crippen molar-refractivity contribution in [2.75, 3.05) is 6.54 Å². The molecule has 102 valence electrons. The largest absolute Gasteiger partial charge is 0.481 e. The highest BCUT2D eigenvalue weighted by atomic mass is 79.9. The van der Waals surface area contributed by atoms with Crippen LogP contribution in [0.2, 0.25) is 0 Å². The second kappa shape index (κ2) is 6.65. The molecule has 0 aliphatic carbocycles. The van der Waals surface area contributed by atoms with Crippen LogP contribution in [0.15, 0.2) is 20.1 Å². The maximum absolute atomic E-state index is 11.8. The Kier molecular flexibility index (Phi) is 5.77. The maximum Gasteiger partial charge on any atom is 0.306 e. The van der Waals surface area contributed by atoms with E-state index in [-0.39, 0.29) is 10.8 Å². The first-order chi connectivity index (χ1) is 8.34. The van der Waals surface area contributed by atoms with Crippen molar-refractivity contribution in [3.05, 3.63) is 15.9 Å². The summed E-state index contributed by atoms with van der Waals surface area (Å²) in [5.74, 6) is -1.32. The Bertz CT molecular complexity index is 512. The monoisotopic (exact) mass is 355 g/mol. The van der Waals surface area contributed by atoms with Gasteiger partial charge in [-0.15, -0.1) is 11.3 Å². The Balaban J connectivity index is 2.45. The minimum Gasteiger partial charge on any atom is -0.481 e. The average molecular weight is 356 g/mol. The molecule has 18 heavy (non-hydrogen) atoms. The van der Waals surface area contributed by atoms with E-state index in [2.05, 4.69) is 20.7 Å². The van der Waals surface area contributed by atoms with Crippen LogP contribution in [0.1, 0.15) is 19.8 Å². The minimum atomic E-state index is -3.49. The van der Waals surface area contributed by atoms with Gasteiger partial charge < -0.3 is 5.11 Å². The molecular formula is C10H14BrNO4S2. The van der Waals surface area contributed by atoms with E-state index in [0.29, 0.717) is 17.3 Å². The van der Waals surface area contributed by atoms with E-state index in [4.69, 9.17) is 5.11 Å². The maximum atomic E-state index is 11.8. The first-order valence-corrected chi connectivity index (χ1v) is 8.45. The number of hydrogen-bond donors (Lipinski definition) is 2. The van der Waals surface area contributed by atoms with Gasteiger partial charge in [0.2, 0.25) is 0 Å². The molecule has 0 spiro atoms. The fourth-order valence-electron chi connectivity index (χ4n) is 1.28. The molecule has 0 radical (unpaired) electrons. The van der Waals surface area contributed by atoms with E-state index < -0.39 is 21.9 Å². The zero-order valence-electron chi connectivity index (χ0n) is 9.72. The lowest BCUT2D eigenvalue weighted by Crippen LogP contribution is -2.25. The third kappa shape index (κ3) is 4.34. The molecule has 0 aliphatic rings. The van der Waals surface area contributed by atoms with Crippen LogP contribution in [0.25, 0.3) is 0 Å². The molecule has 1 heterocycles. The molecule has 1 unspecified atom stereocenters. The molecule has 1 aromatic heterocycles. The number of hydrogen-bond acceptors (Lipinski definition) is 4. The Morgan fingerprint density at radius 2 is 2.28 bits per heavy atom. The van der Waals surface area contributed by atoms with Crippen molar-refractivity contribution >= 4 is 43.3 Å².